The van der Waals surface area contributed by atoms with Crippen molar-refractivity contribution in [1.29, 1.82) is 5.26 Å². The summed E-state index contributed by atoms with van der Waals surface area (Å²) in [7, 11) is 0. The predicted octanol–water partition coefficient (Wildman–Crippen LogP) is 1.04. The first-order valence-electron chi connectivity index (χ1n) is 5.90. The van der Waals surface area contributed by atoms with Gasteiger partial charge in [0.2, 0.25) is 0 Å². The minimum Gasteiger partial charge on any atom is -0.356 e. The summed E-state index contributed by atoms with van der Waals surface area (Å²) in [5.41, 5.74) is 1.89. The van der Waals surface area contributed by atoms with Crippen molar-refractivity contribution in [3.05, 3.63) is 35.4 Å². The van der Waals surface area contributed by atoms with Crippen LogP contribution in [0.1, 0.15) is 17.5 Å². The van der Waals surface area contributed by atoms with E-state index in [1.54, 1.807) is 0 Å². The predicted molar refractivity (Wildman–Crippen MR) is 67.8 cm³/mol. The molecule has 0 fully saturated rings. The van der Waals surface area contributed by atoms with Gasteiger partial charge >= 0.3 is 0 Å². The molecule has 1 heterocycles. The Bertz CT molecular complexity index is 445. The van der Waals surface area contributed by atoms with Gasteiger partial charge in [0, 0.05) is 19.6 Å². The molecule has 0 amide bonds. The Hall–Kier alpha value is -2.02. The molecule has 2 N–H and O–H groups in total. The number of nitriles is 1. The van der Waals surface area contributed by atoms with Crippen LogP contribution in [0.25, 0.3) is 0 Å². The maximum Gasteiger partial charge on any atom is 0.191 e. The van der Waals surface area contributed by atoms with Crippen molar-refractivity contribution in [1.82, 2.24) is 10.6 Å². The quantitative estimate of drug-likeness (QED) is 0.812. The monoisotopic (exact) mass is 228 g/mol. The highest BCUT2D eigenvalue weighted by atomic mass is 15.2. The van der Waals surface area contributed by atoms with Crippen molar-refractivity contribution < 1.29 is 0 Å². The van der Waals surface area contributed by atoms with E-state index in [1.165, 1.54) is 5.56 Å². The summed E-state index contributed by atoms with van der Waals surface area (Å²) in [6.07, 6.45) is 2.01. The minimum absolute atomic E-state index is 0.718. The van der Waals surface area contributed by atoms with E-state index in [0.29, 0.717) is 0 Å². The van der Waals surface area contributed by atoms with E-state index in [4.69, 9.17) is 5.26 Å². The molecular weight excluding hydrogens is 212 g/mol. The Morgan fingerprint density at radius 3 is 3.18 bits per heavy atom. The van der Waals surface area contributed by atoms with Crippen LogP contribution in [0.2, 0.25) is 0 Å². The van der Waals surface area contributed by atoms with E-state index in [0.717, 1.165) is 44.0 Å². The average Bonchev–Trinajstić information content (AvgIpc) is 2.40. The van der Waals surface area contributed by atoms with Crippen LogP contribution in [0.4, 0.5) is 0 Å². The van der Waals surface area contributed by atoms with Gasteiger partial charge in [-0.1, -0.05) is 12.1 Å². The molecule has 88 valence electrons. The molecule has 2 rings (SSSR count). The first-order chi connectivity index (χ1) is 8.38. The molecule has 0 unspecified atom stereocenters. The Morgan fingerprint density at radius 2 is 2.41 bits per heavy atom. The van der Waals surface area contributed by atoms with Gasteiger partial charge in [0.15, 0.2) is 5.96 Å². The molecule has 0 bridgehead atoms. The van der Waals surface area contributed by atoms with E-state index < -0.39 is 0 Å². The SMILES string of the molecule is N#Cc1cccc(CCNC2=NCCCN2)c1. The Labute approximate surface area is 101 Å². The molecule has 1 aromatic carbocycles. The number of aliphatic imine (C=N–C) groups is 1. The number of hydrogen-bond donors (Lipinski definition) is 2. The molecule has 0 aliphatic carbocycles. The van der Waals surface area contributed by atoms with E-state index in [1.807, 2.05) is 24.3 Å². The molecule has 1 aliphatic heterocycles. The Kier molecular flexibility index (Phi) is 3.98. The van der Waals surface area contributed by atoms with Crippen molar-refractivity contribution in [2.75, 3.05) is 19.6 Å². The highest BCUT2D eigenvalue weighted by Crippen LogP contribution is 2.04. The van der Waals surface area contributed by atoms with E-state index >= 15 is 0 Å². The zero-order valence-electron chi connectivity index (χ0n) is 9.74. The van der Waals surface area contributed by atoms with Crippen molar-refractivity contribution in [2.24, 2.45) is 4.99 Å². The van der Waals surface area contributed by atoms with Crippen LogP contribution in [-0.2, 0) is 6.42 Å². The van der Waals surface area contributed by atoms with Gasteiger partial charge in [0.25, 0.3) is 0 Å². The lowest BCUT2D eigenvalue weighted by atomic mass is 10.1. The lowest BCUT2D eigenvalue weighted by Gasteiger charge is -2.15. The Balaban J connectivity index is 1.81. The lowest BCUT2D eigenvalue weighted by molar-refractivity contribution is 0.700. The van der Waals surface area contributed by atoms with Gasteiger partial charge in [0.1, 0.15) is 0 Å². The zero-order valence-corrected chi connectivity index (χ0v) is 9.74. The lowest BCUT2D eigenvalue weighted by Crippen LogP contribution is -2.41. The molecule has 0 atom stereocenters. The van der Waals surface area contributed by atoms with Gasteiger partial charge < -0.3 is 10.6 Å². The van der Waals surface area contributed by atoms with Crippen LogP contribution >= 0.6 is 0 Å². The number of rotatable bonds is 3. The van der Waals surface area contributed by atoms with Crippen LogP contribution in [0.15, 0.2) is 29.3 Å². The third-order valence-electron chi connectivity index (χ3n) is 2.66. The normalized spacial score (nSPS) is 14.4. The van der Waals surface area contributed by atoms with Crippen molar-refractivity contribution in [2.45, 2.75) is 12.8 Å². The molecule has 0 saturated carbocycles. The van der Waals surface area contributed by atoms with Gasteiger partial charge in [-0.15, -0.1) is 0 Å². The summed E-state index contributed by atoms with van der Waals surface area (Å²) in [5, 5.41) is 15.3. The Morgan fingerprint density at radius 1 is 1.47 bits per heavy atom. The second-order valence-corrected chi connectivity index (χ2v) is 4.00. The van der Waals surface area contributed by atoms with Gasteiger partial charge in [0.05, 0.1) is 11.6 Å². The molecular formula is C13H16N4. The van der Waals surface area contributed by atoms with E-state index in [2.05, 4.69) is 21.7 Å². The largest absolute Gasteiger partial charge is 0.356 e. The zero-order chi connectivity index (χ0) is 11.9. The molecule has 4 heteroatoms. The highest BCUT2D eigenvalue weighted by Gasteiger charge is 2.02. The van der Waals surface area contributed by atoms with Crippen molar-refractivity contribution >= 4 is 5.96 Å². The van der Waals surface area contributed by atoms with Crippen LogP contribution in [0, 0.1) is 11.3 Å². The number of nitrogens with zero attached hydrogens (tertiary/aromatic N) is 2. The second-order valence-electron chi connectivity index (χ2n) is 4.00. The summed E-state index contributed by atoms with van der Waals surface area (Å²) in [6.45, 7) is 2.73. The third-order valence-corrected chi connectivity index (χ3v) is 2.66. The summed E-state index contributed by atoms with van der Waals surface area (Å²) >= 11 is 0. The first-order valence-corrected chi connectivity index (χ1v) is 5.90. The summed E-state index contributed by atoms with van der Waals surface area (Å²) < 4.78 is 0. The number of guanidine groups is 1. The van der Waals surface area contributed by atoms with Crippen LogP contribution in [0.5, 0.6) is 0 Å². The van der Waals surface area contributed by atoms with Gasteiger partial charge in [-0.25, -0.2) is 0 Å². The van der Waals surface area contributed by atoms with Gasteiger partial charge in [-0.3, -0.25) is 4.99 Å². The molecule has 0 spiro atoms. The molecule has 1 aromatic rings. The number of benzene rings is 1. The van der Waals surface area contributed by atoms with Gasteiger partial charge in [-0.05, 0) is 30.5 Å². The van der Waals surface area contributed by atoms with E-state index in [9.17, 15) is 0 Å². The fourth-order valence-corrected chi connectivity index (χ4v) is 1.77. The van der Waals surface area contributed by atoms with Crippen molar-refractivity contribution in [3.63, 3.8) is 0 Å². The van der Waals surface area contributed by atoms with E-state index in [-0.39, 0.29) is 0 Å². The molecule has 0 saturated heterocycles. The second kappa shape index (κ2) is 5.90. The topological polar surface area (TPSA) is 60.2 Å². The summed E-state index contributed by atoms with van der Waals surface area (Å²) in [6, 6.07) is 9.86. The van der Waals surface area contributed by atoms with Gasteiger partial charge in [-0.2, -0.15) is 5.26 Å². The van der Waals surface area contributed by atoms with Crippen LogP contribution in [0.3, 0.4) is 0 Å². The molecule has 0 aromatic heterocycles. The summed E-state index contributed by atoms with van der Waals surface area (Å²) in [5.74, 6) is 0.896. The molecule has 1 aliphatic rings. The fraction of sp³-hybridized carbons (Fsp3) is 0.385. The first kappa shape index (κ1) is 11.5. The average molecular weight is 228 g/mol. The number of nitrogens with one attached hydrogen (secondary N) is 2. The highest BCUT2D eigenvalue weighted by molar-refractivity contribution is 5.80. The van der Waals surface area contributed by atoms with Crippen LogP contribution < -0.4 is 10.6 Å². The van der Waals surface area contributed by atoms with Crippen molar-refractivity contribution in [3.8, 4) is 6.07 Å². The third kappa shape index (κ3) is 3.49. The summed E-state index contributed by atoms with van der Waals surface area (Å²) in [4.78, 5) is 4.34. The maximum absolute atomic E-state index is 8.80. The van der Waals surface area contributed by atoms with Crippen LogP contribution in [-0.4, -0.2) is 25.6 Å². The fourth-order valence-electron chi connectivity index (χ4n) is 1.77. The smallest absolute Gasteiger partial charge is 0.191 e. The molecule has 0 radical (unpaired) electrons. The maximum atomic E-state index is 8.80. The molecule has 4 nitrogen and oxygen atoms in total. The number of hydrogen-bond acceptors (Lipinski definition) is 4. The standard InChI is InChI=1S/C13H16N4/c14-10-12-4-1-3-11(9-12)5-8-17-13-15-6-2-7-16-13/h1,3-4,9H,2,5-8H2,(H2,15,16,17). The minimum atomic E-state index is 0.718. The molecule has 17 heavy (non-hydrogen) atoms.